The fourth-order valence-corrected chi connectivity index (χ4v) is 3.78. The van der Waals surface area contributed by atoms with Crippen molar-refractivity contribution in [2.24, 2.45) is 0 Å². The van der Waals surface area contributed by atoms with Gasteiger partial charge in [-0.25, -0.2) is 4.79 Å². The Kier molecular flexibility index (Phi) is 5.89. The van der Waals surface area contributed by atoms with Crippen molar-refractivity contribution in [2.75, 3.05) is 12.0 Å². The third-order valence-electron chi connectivity index (χ3n) is 5.08. The molecule has 0 spiro atoms. The molecule has 6 heteroatoms. The normalized spacial score (nSPS) is 14.2. The molecule has 1 unspecified atom stereocenters. The van der Waals surface area contributed by atoms with Gasteiger partial charge in [-0.2, -0.15) is 11.8 Å². The highest BCUT2D eigenvalue weighted by molar-refractivity contribution is 7.98. The molecule has 0 fully saturated rings. The average molecular weight is 397 g/mol. The number of thioether (sulfide) groups is 1. The SMILES string of the molecule is CSCCC(C(=O)Oc1c(C)ccc(C)c1C)N1C(=O)c2ccccc2C1=O. The number of benzene rings is 2. The number of aryl methyl sites for hydroxylation is 2. The Hall–Kier alpha value is -2.60. The van der Waals surface area contributed by atoms with Crippen LogP contribution in [0.15, 0.2) is 36.4 Å². The van der Waals surface area contributed by atoms with Gasteiger partial charge in [-0.15, -0.1) is 0 Å². The predicted octanol–water partition coefficient (Wildman–Crippen LogP) is 3.94. The molecule has 2 amide bonds. The summed E-state index contributed by atoms with van der Waals surface area (Å²) in [6.07, 6.45) is 2.26. The van der Waals surface area contributed by atoms with Gasteiger partial charge < -0.3 is 4.74 Å². The minimum absolute atomic E-state index is 0.331. The van der Waals surface area contributed by atoms with Gasteiger partial charge in [0.2, 0.25) is 0 Å². The molecule has 1 aliphatic heterocycles. The number of hydrogen-bond donors (Lipinski definition) is 0. The second-order valence-electron chi connectivity index (χ2n) is 6.90. The molecule has 0 saturated heterocycles. The van der Waals surface area contributed by atoms with Crippen LogP contribution in [0, 0.1) is 20.8 Å². The van der Waals surface area contributed by atoms with E-state index in [0.29, 0.717) is 29.1 Å². The minimum Gasteiger partial charge on any atom is -0.424 e. The highest BCUT2D eigenvalue weighted by Crippen LogP contribution is 2.29. The summed E-state index contributed by atoms with van der Waals surface area (Å²) in [7, 11) is 0. The Labute approximate surface area is 169 Å². The Morgan fingerprint density at radius 1 is 1.00 bits per heavy atom. The summed E-state index contributed by atoms with van der Waals surface area (Å²) in [4.78, 5) is 39.8. The van der Waals surface area contributed by atoms with Crippen LogP contribution in [0.4, 0.5) is 0 Å². The maximum absolute atomic E-state index is 13.1. The number of hydrogen-bond acceptors (Lipinski definition) is 5. The number of rotatable bonds is 6. The number of esters is 1. The minimum atomic E-state index is -0.959. The fourth-order valence-electron chi connectivity index (χ4n) is 3.32. The van der Waals surface area contributed by atoms with Gasteiger partial charge >= 0.3 is 5.97 Å². The lowest BCUT2D eigenvalue weighted by Gasteiger charge is -2.25. The van der Waals surface area contributed by atoms with Gasteiger partial charge in [-0.3, -0.25) is 14.5 Å². The smallest absolute Gasteiger partial charge is 0.334 e. The molecule has 28 heavy (non-hydrogen) atoms. The zero-order chi connectivity index (χ0) is 20.4. The topological polar surface area (TPSA) is 63.7 Å². The maximum Gasteiger partial charge on any atom is 0.334 e. The van der Waals surface area contributed by atoms with Gasteiger partial charge in [0.15, 0.2) is 0 Å². The van der Waals surface area contributed by atoms with Crippen molar-refractivity contribution >= 4 is 29.5 Å². The number of carbonyl (C=O) groups is 3. The van der Waals surface area contributed by atoms with Crippen LogP contribution in [0.2, 0.25) is 0 Å². The molecule has 146 valence electrons. The van der Waals surface area contributed by atoms with Crippen molar-refractivity contribution in [1.82, 2.24) is 4.90 Å². The standard InChI is InChI=1S/C22H23NO4S/c1-13-9-10-14(2)19(15(13)3)27-22(26)18(11-12-28-4)23-20(24)16-7-5-6-8-17(16)21(23)25/h5-10,18H,11-12H2,1-4H3. The molecular formula is C22H23NO4S. The van der Waals surface area contributed by atoms with Crippen LogP contribution in [-0.4, -0.2) is 40.7 Å². The first-order valence-corrected chi connectivity index (χ1v) is 10.5. The van der Waals surface area contributed by atoms with E-state index in [0.717, 1.165) is 21.6 Å². The Bertz CT molecular complexity index is 919. The largest absolute Gasteiger partial charge is 0.424 e. The summed E-state index contributed by atoms with van der Waals surface area (Å²) in [5.74, 6) is -0.349. The number of amides is 2. The summed E-state index contributed by atoms with van der Waals surface area (Å²) in [6.45, 7) is 5.71. The van der Waals surface area contributed by atoms with Crippen molar-refractivity contribution in [2.45, 2.75) is 33.2 Å². The summed E-state index contributed by atoms with van der Waals surface area (Å²) in [6, 6.07) is 9.55. The molecular weight excluding hydrogens is 374 g/mol. The van der Waals surface area contributed by atoms with Crippen LogP contribution in [0.5, 0.6) is 5.75 Å². The van der Waals surface area contributed by atoms with E-state index in [1.54, 1.807) is 36.0 Å². The molecule has 0 saturated carbocycles. The van der Waals surface area contributed by atoms with E-state index in [9.17, 15) is 14.4 Å². The molecule has 0 aliphatic carbocycles. The highest BCUT2D eigenvalue weighted by Gasteiger charge is 2.43. The zero-order valence-corrected chi connectivity index (χ0v) is 17.3. The molecule has 1 aliphatic rings. The van der Waals surface area contributed by atoms with Gasteiger partial charge in [0.1, 0.15) is 11.8 Å². The van der Waals surface area contributed by atoms with Crippen molar-refractivity contribution in [3.63, 3.8) is 0 Å². The van der Waals surface area contributed by atoms with Crippen molar-refractivity contribution in [1.29, 1.82) is 0 Å². The second kappa shape index (κ2) is 8.19. The van der Waals surface area contributed by atoms with Gasteiger partial charge in [0.05, 0.1) is 11.1 Å². The van der Waals surface area contributed by atoms with Crippen molar-refractivity contribution in [3.05, 3.63) is 64.2 Å². The van der Waals surface area contributed by atoms with E-state index >= 15 is 0 Å². The molecule has 3 rings (SSSR count). The van der Waals surface area contributed by atoms with Crippen molar-refractivity contribution < 1.29 is 19.1 Å². The molecule has 2 aromatic carbocycles. The van der Waals surface area contributed by atoms with Gasteiger partial charge in [0.25, 0.3) is 11.8 Å². The van der Waals surface area contributed by atoms with E-state index < -0.39 is 23.8 Å². The van der Waals surface area contributed by atoms with E-state index in [2.05, 4.69) is 0 Å². The Morgan fingerprint density at radius 3 is 2.14 bits per heavy atom. The summed E-state index contributed by atoms with van der Waals surface area (Å²) < 4.78 is 5.73. The number of fused-ring (bicyclic) bond motifs is 1. The molecule has 0 aromatic heterocycles. The third-order valence-corrected chi connectivity index (χ3v) is 5.72. The lowest BCUT2D eigenvalue weighted by molar-refractivity contribution is -0.139. The molecule has 2 aromatic rings. The molecule has 0 radical (unpaired) electrons. The van der Waals surface area contributed by atoms with E-state index in [1.807, 2.05) is 39.2 Å². The summed E-state index contributed by atoms with van der Waals surface area (Å²) in [5.41, 5.74) is 3.38. The van der Waals surface area contributed by atoms with E-state index in [4.69, 9.17) is 4.74 Å². The van der Waals surface area contributed by atoms with Gasteiger partial charge in [-0.1, -0.05) is 24.3 Å². The van der Waals surface area contributed by atoms with Crippen LogP contribution in [0.1, 0.15) is 43.8 Å². The number of carbonyl (C=O) groups excluding carboxylic acids is 3. The number of nitrogens with zero attached hydrogens (tertiary/aromatic N) is 1. The predicted molar refractivity (Wildman–Crippen MR) is 110 cm³/mol. The zero-order valence-electron chi connectivity index (χ0n) is 16.4. The van der Waals surface area contributed by atoms with Crippen LogP contribution < -0.4 is 4.74 Å². The quantitative estimate of drug-likeness (QED) is 0.420. The lowest BCUT2D eigenvalue weighted by Crippen LogP contribution is -2.47. The van der Waals surface area contributed by atoms with Crippen LogP contribution in [-0.2, 0) is 4.79 Å². The molecule has 0 bridgehead atoms. The second-order valence-corrected chi connectivity index (χ2v) is 7.88. The summed E-state index contributed by atoms with van der Waals surface area (Å²) in [5, 5.41) is 0. The van der Waals surface area contributed by atoms with E-state index in [-0.39, 0.29) is 0 Å². The first-order chi connectivity index (χ1) is 13.4. The summed E-state index contributed by atoms with van der Waals surface area (Å²) >= 11 is 1.55. The fraction of sp³-hybridized carbons (Fsp3) is 0.318. The van der Waals surface area contributed by atoms with Gasteiger partial charge in [0, 0.05) is 0 Å². The lowest BCUT2D eigenvalue weighted by atomic mass is 10.1. The Morgan fingerprint density at radius 2 is 1.57 bits per heavy atom. The third kappa shape index (κ3) is 3.56. The first kappa shape index (κ1) is 20.1. The number of ether oxygens (including phenoxy) is 1. The van der Waals surface area contributed by atoms with Crippen LogP contribution in [0.3, 0.4) is 0 Å². The number of imide groups is 1. The first-order valence-electron chi connectivity index (χ1n) is 9.11. The van der Waals surface area contributed by atoms with Crippen LogP contribution >= 0.6 is 11.8 Å². The average Bonchev–Trinajstić information content (AvgIpc) is 2.94. The maximum atomic E-state index is 13.1. The van der Waals surface area contributed by atoms with Crippen LogP contribution in [0.25, 0.3) is 0 Å². The molecule has 1 atom stereocenters. The monoisotopic (exact) mass is 397 g/mol. The molecule has 1 heterocycles. The highest BCUT2D eigenvalue weighted by atomic mass is 32.2. The van der Waals surface area contributed by atoms with Crippen molar-refractivity contribution in [3.8, 4) is 5.75 Å². The molecule has 5 nitrogen and oxygen atoms in total. The van der Waals surface area contributed by atoms with E-state index in [1.165, 1.54) is 0 Å². The Balaban J connectivity index is 1.93. The van der Waals surface area contributed by atoms with Gasteiger partial charge in [-0.05, 0) is 68.0 Å². The molecule has 0 N–H and O–H groups in total.